The van der Waals surface area contributed by atoms with Crippen LogP contribution in [0.15, 0.2) is 36.7 Å². The van der Waals surface area contributed by atoms with Crippen molar-refractivity contribution < 1.29 is 62.1 Å². The molecule has 2 aliphatic rings. The largest absolute Gasteiger partial charge is 0.491 e. The van der Waals surface area contributed by atoms with Gasteiger partial charge in [-0.05, 0) is 37.8 Å². The number of rotatable bonds is 23. The van der Waals surface area contributed by atoms with Crippen molar-refractivity contribution in [3.05, 3.63) is 47.9 Å². The third kappa shape index (κ3) is 18.0. The Kier molecular flexibility index (Phi) is 20.4. The van der Waals surface area contributed by atoms with Crippen molar-refractivity contribution in [1.82, 2.24) is 55.1 Å². The van der Waals surface area contributed by atoms with Gasteiger partial charge in [0, 0.05) is 83.5 Å². The number of carboxylic acids is 3. The Morgan fingerprint density at radius 2 is 1.54 bits per heavy atom. The number of unbranched alkanes of at least 4 members (excludes halogenated alkanes) is 1. The Hall–Kier alpha value is -6.46. The number of ether oxygens (including phenoxy) is 1. The first-order valence-corrected chi connectivity index (χ1v) is 23.6. The molecule has 2 aliphatic heterocycles. The lowest BCUT2D eigenvalue weighted by atomic mass is 10.1. The Morgan fingerprint density at radius 3 is 2.15 bits per heavy atom. The molecule has 3 amide bonds. The lowest BCUT2D eigenvalue weighted by Gasteiger charge is -2.35. The third-order valence-electron chi connectivity index (χ3n) is 12.0. The normalized spacial score (nSPS) is 18.2. The minimum Gasteiger partial charge on any atom is -0.491 e. The van der Waals surface area contributed by atoms with Gasteiger partial charge in [-0.2, -0.15) is 5.26 Å². The Bertz CT molecular complexity index is 2330. The molecule has 25 heteroatoms. The summed E-state index contributed by atoms with van der Waals surface area (Å²) < 4.78 is 36.2. The smallest absolute Gasteiger partial charge is 0.320 e. The highest BCUT2D eigenvalue weighted by molar-refractivity contribution is 6.08. The van der Waals surface area contributed by atoms with Gasteiger partial charge in [0.2, 0.25) is 11.8 Å². The molecule has 2 saturated heterocycles. The first kappa shape index (κ1) is 55.5. The second-order valence-corrected chi connectivity index (χ2v) is 18.9. The van der Waals surface area contributed by atoms with Gasteiger partial charge in [0.1, 0.15) is 35.6 Å². The number of hydrogen-bond donors (Lipinski definition) is 5. The maximum atomic E-state index is 13.9. The van der Waals surface area contributed by atoms with Crippen LogP contribution in [0.2, 0.25) is 0 Å². The average Bonchev–Trinajstić information content (AvgIpc) is 3.88. The zero-order valence-corrected chi connectivity index (χ0v) is 40.5. The minimum absolute atomic E-state index is 0.0608. The van der Waals surface area contributed by atoms with E-state index in [1.54, 1.807) is 43.6 Å². The topological polar surface area (TPSA) is 280 Å². The van der Waals surface area contributed by atoms with Crippen molar-refractivity contribution in [2.45, 2.75) is 63.2 Å². The summed E-state index contributed by atoms with van der Waals surface area (Å²) in [6, 6.07) is 5.90. The number of benzene rings is 1. The molecule has 5 rings (SSSR count). The Morgan fingerprint density at radius 1 is 0.887 bits per heavy atom. The van der Waals surface area contributed by atoms with E-state index >= 15 is 0 Å². The van der Waals surface area contributed by atoms with E-state index in [4.69, 9.17) is 4.74 Å². The van der Waals surface area contributed by atoms with E-state index in [0.29, 0.717) is 59.9 Å². The SMILES string of the molecule is C[N+](C)(C)Cc1cn(CCCCC(C(=O)O)N2CCN(CC(=O)O)CCN(CC(=O)NCCCOc3cccc4c(C(=O)NCC(=O)N5CC(F)(F)CC5C#N)ccnc34)CCN(CC(=O)O)CC2)nn1. The van der Waals surface area contributed by atoms with Gasteiger partial charge in [0.25, 0.3) is 11.8 Å². The summed E-state index contributed by atoms with van der Waals surface area (Å²) in [5, 5.41) is 53.3. The Labute approximate surface area is 410 Å². The second kappa shape index (κ2) is 26.1. The number of nitrogens with zero attached hydrogens (tertiary/aromatic N) is 11. The number of likely N-dealkylation sites (tertiary alicyclic amines) is 1. The maximum Gasteiger partial charge on any atom is 0.320 e. The number of carboxylic acid groups (broad SMARTS) is 3. The highest BCUT2D eigenvalue weighted by Gasteiger charge is 2.47. The fourth-order valence-corrected chi connectivity index (χ4v) is 8.55. The molecule has 2 atom stereocenters. The van der Waals surface area contributed by atoms with Crippen LogP contribution in [-0.4, -0.2) is 237 Å². The first-order valence-electron chi connectivity index (χ1n) is 23.6. The van der Waals surface area contributed by atoms with Crippen molar-refractivity contribution in [3.8, 4) is 11.8 Å². The number of aliphatic carboxylic acids is 3. The number of quaternary nitrogens is 1. The van der Waals surface area contributed by atoms with Crippen molar-refractivity contribution >= 4 is 46.5 Å². The highest BCUT2D eigenvalue weighted by Crippen LogP contribution is 2.32. The van der Waals surface area contributed by atoms with Crippen molar-refractivity contribution in [2.24, 2.45) is 0 Å². The van der Waals surface area contributed by atoms with Crippen LogP contribution in [0.5, 0.6) is 5.75 Å². The second-order valence-electron chi connectivity index (χ2n) is 18.9. The molecular formula is C46H66F2N13O10+. The predicted octanol–water partition coefficient (Wildman–Crippen LogP) is 0.122. The summed E-state index contributed by atoms with van der Waals surface area (Å²) in [5.41, 5.74) is 1.36. The number of nitrogens with one attached hydrogen (secondary N) is 2. The van der Waals surface area contributed by atoms with Crippen LogP contribution in [0.1, 0.15) is 48.2 Å². The van der Waals surface area contributed by atoms with E-state index in [2.05, 4.69) is 47.1 Å². The van der Waals surface area contributed by atoms with Crippen LogP contribution in [0.4, 0.5) is 8.78 Å². The molecule has 0 radical (unpaired) electrons. The predicted molar refractivity (Wildman–Crippen MR) is 251 cm³/mol. The van der Waals surface area contributed by atoms with Gasteiger partial charge in [-0.25, -0.2) is 8.78 Å². The van der Waals surface area contributed by atoms with Gasteiger partial charge in [-0.3, -0.25) is 58.0 Å². The van der Waals surface area contributed by atoms with Gasteiger partial charge in [-0.15, -0.1) is 5.10 Å². The first-order chi connectivity index (χ1) is 33.7. The number of para-hydroxylation sites is 1. The molecule has 23 nitrogen and oxygen atoms in total. The molecule has 71 heavy (non-hydrogen) atoms. The van der Waals surface area contributed by atoms with E-state index < -0.39 is 67.2 Å². The van der Waals surface area contributed by atoms with Crippen LogP contribution >= 0.6 is 0 Å². The zero-order valence-electron chi connectivity index (χ0n) is 40.5. The molecular weight excluding hydrogens is 933 g/mol. The molecule has 4 heterocycles. The summed E-state index contributed by atoms with van der Waals surface area (Å²) in [7, 11) is 6.17. The molecule has 3 aromatic rings. The standard InChI is InChI=1S/C46H65F2N13O10/c1-61(2,3)31-33-27-59(54-53-33)14-5-4-9-37(45(69)70)58-21-19-56(29-41(64)65)17-15-55(16-18-57(20-22-58)30-42(66)67)28-39(62)50-12-7-23-71-38-10-6-8-35-36(11-13-51-43(35)38)44(68)52-26-40(63)60-32-46(47,48)24-34(60)25-49/h6,8,10-11,13,27,34,37H,4-5,7,9,12,14-24,26,28-32H2,1-3H3,(H4-,50,52,62,64,65,66,67,68,69,70)/p+1. The van der Waals surface area contributed by atoms with E-state index in [0.717, 1.165) is 10.6 Å². The number of fused-ring (bicyclic) bond motifs is 1. The number of hydrogen-bond acceptors (Lipinski definition) is 15. The lowest BCUT2D eigenvalue weighted by Crippen LogP contribution is -2.52. The minimum atomic E-state index is -3.19. The summed E-state index contributed by atoms with van der Waals surface area (Å²) in [6.07, 6.45) is 4.42. The molecule has 0 saturated carbocycles. The number of carbonyl (C=O) groups excluding carboxylic acids is 3. The average molecular weight is 999 g/mol. The highest BCUT2D eigenvalue weighted by atomic mass is 19.3. The maximum absolute atomic E-state index is 13.9. The Balaban J connectivity index is 1.12. The fourth-order valence-electron chi connectivity index (χ4n) is 8.55. The number of nitriles is 1. The molecule has 1 aromatic carbocycles. The van der Waals surface area contributed by atoms with Crippen molar-refractivity contribution in [1.29, 1.82) is 5.26 Å². The quantitative estimate of drug-likeness (QED) is 0.0623. The number of halogens is 2. The van der Waals surface area contributed by atoms with E-state index in [9.17, 15) is 58.1 Å². The number of amides is 3. The number of aromatic nitrogens is 4. The van der Waals surface area contributed by atoms with Gasteiger partial charge in [0.05, 0.1) is 78.3 Å². The van der Waals surface area contributed by atoms with Crippen LogP contribution < -0.4 is 15.4 Å². The summed E-state index contributed by atoms with van der Waals surface area (Å²) in [5.74, 6) is -7.78. The van der Waals surface area contributed by atoms with Gasteiger partial charge < -0.3 is 40.1 Å². The fraction of sp³-hybridized carbons (Fsp3) is 0.609. The van der Waals surface area contributed by atoms with Gasteiger partial charge >= 0.3 is 17.9 Å². The van der Waals surface area contributed by atoms with E-state index in [-0.39, 0.29) is 96.6 Å². The summed E-state index contributed by atoms with van der Waals surface area (Å²) in [6.45, 7) is 1.39. The molecule has 2 unspecified atom stereocenters. The third-order valence-corrected chi connectivity index (χ3v) is 12.0. The summed E-state index contributed by atoms with van der Waals surface area (Å²) >= 11 is 0. The molecule has 0 aliphatic carbocycles. The molecule has 2 aromatic heterocycles. The van der Waals surface area contributed by atoms with Crippen LogP contribution in [-0.2, 0) is 37.1 Å². The van der Waals surface area contributed by atoms with E-state index in [1.807, 2.05) is 11.1 Å². The monoisotopic (exact) mass is 999 g/mol. The molecule has 0 bridgehead atoms. The van der Waals surface area contributed by atoms with E-state index in [1.165, 1.54) is 12.3 Å². The van der Waals surface area contributed by atoms with Gasteiger partial charge in [-0.1, -0.05) is 17.3 Å². The molecule has 388 valence electrons. The lowest BCUT2D eigenvalue weighted by molar-refractivity contribution is -0.884. The van der Waals surface area contributed by atoms with Gasteiger partial charge in [0.15, 0.2) is 0 Å². The van der Waals surface area contributed by atoms with Crippen LogP contribution in [0.3, 0.4) is 0 Å². The number of alkyl halides is 2. The number of aryl methyl sites for hydroxylation is 1. The number of pyridine rings is 1. The number of carbonyl (C=O) groups is 6. The van der Waals surface area contributed by atoms with Crippen LogP contribution in [0, 0.1) is 11.3 Å². The van der Waals surface area contributed by atoms with Crippen molar-refractivity contribution in [3.63, 3.8) is 0 Å². The van der Waals surface area contributed by atoms with Crippen LogP contribution in [0.25, 0.3) is 10.9 Å². The molecule has 5 N–H and O–H groups in total. The zero-order chi connectivity index (χ0) is 51.7. The molecule has 0 spiro atoms. The molecule has 2 fully saturated rings. The summed E-state index contributed by atoms with van der Waals surface area (Å²) in [4.78, 5) is 87.8. The van der Waals surface area contributed by atoms with Crippen molar-refractivity contribution in [2.75, 3.05) is 119 Å².